The number of para-hydroxylation sites is 1. The number of fused-ring (bicyclic) bond motifs is 6. The molecule has 0 aromatic heterocycles. The Kier molecular flexibility index (Phi) is 27.0. The first-order valence-corrected chi connectivity index (χ1v) is 41.1. The van der Waals surface area contributed by atoms with Crippen molar-refractivity contribution < 1.29 is 9.47 Å². The maximum atomic E-state index is 6.96. The summed E-state index contributed by atoms with van der Waals surface area (Å²) in [6.07, 6.45) is 39.4. The smallest absolute Gasteiger partial charge is 0.128 e. The molecule has 0 atom stereocenters. The fourth-order valence-electron chi connectivity index (χ4n) is 17.4. The van der Waals surface area contributed by atoms with Crippen molar-refractivity contribution in [3.05, 3.63) is 281 Å². The highest BCUT2D eigenvalue weighted by Gasteiger charge is 2.44. The van der Waals surface area contributed by atoms with Crippen LogP contribution in [0.2, 0.25) is 0 Å². The Morgan fingerprint density at radius 3 is 1.06 bits per heavy atom. The molecule has 105 heavy (non-hydrogen) atoms. The van der Waals surface area contributed by atoms with Crippen LogP contribution in [0.5, 0.6) is 11.5 Å². The monoisotopic (exact) mass is 1390 g/mol. The number of rotatable bonds is 42. The third-order valence-electron chi connectivity index (χ3n) is 23.4. The lowest BCUT2D eigenvalue weighted by Crippen LogP contribution is -2.25. The van der Waals surface area contributed by atoms with Crippen molar-refractivity contribution in [2.45, 2.75) is 245 Å². The first kappa shape index (κ1) is 75.8. The van der Waals surface area contributed by atoms with Crippen LogP contribution in [0, 0.1) is 13.8 Å². The average Bonchev–Trinajstić information content (AvgIpc) is 1.57. The van der Waals surface area contributed by atoms with E-state index in [1.165, 1.54) is 228 Å². The molecule has 544 valence electrons. The molecule has 0 aliphatic heterocycles. The van der Waals surface area contributed by atoms with E-state index in [9.17, 15) is 0 Å². The standard InChI is InChI=1S/C102H119NO2/c1-9-15-19-23-27-34-64-101(65-35-28-24-20-16-10-2)95-68-76(7)40-60-90(95)91-61-53-84(70-96(91)101)82-49-56-88(57-50-82)103(87-38-32-31-33-39-87)89-58-51-83(52-59-89)85-54-62-92-93-63-55-86(72-98(93)102(97(92)71-85,66-36-29-25-21-17-11-3)67-37-30-26-22-18-12-4)94-73-99(104-74-80-45-41-78(13-5)42-46-80)77(8)69-100(94)105-75-81-47-43-79(14-6)44-48-81/h13-14,31-33,38-63,68-73H,5-6,9-12,15-30,34-37,64-67,74-75H2,1-4,7-8H3. The van der Waals surface area contributed by atoms with Gasteiger partial charge in [-0.05, 0) is 206 Å². The topological polar surface area (TPSA) is 21.7 Å². The zero-order valence-corrected chi connectivity index (χ0v) is 64.8. The number of hydrogen-bond donors (Lipinski definition) is 0. The van der Waals surface area contributed by atoms with E-state index in [4.69, 9.17) is 9.47 Å². The maximum Gasteiger partial charge on any atom is 0.128 e. The number of aryl methyl sites for hydroxylation is 2. The third kappa shape index (κ3) is 18.1. The van der Waals surface area contributed by atoms with Crippen LogP contribution in [-0.2, 0) is 24.0 Å². The van der Waals surface area contributed by atoms with Gasteiger partial charge in [-0.2, -0.15) is 0 Å². The minimum atomic E-state index is -0.174. The summed E-state index contributed by atoms with van der Waals surface area (Å²) in [6.45, 7) is 22.7. The molecule has 3 nitrogen and oxygen atoms in total. The van der Waals surface area contributed by atoms with E-state index in [2.05, 4.69) is 272 Å². The summed E-state index contributed by atoms with van der Waals surface area (Å²) in [5, 5.41) is 0. The molecule has 12 rings (SSSR count). The van der Waals surface area contributed by atoms with Gasteiger partial charge in [0.15, 0.2) is 0 Å². The Morgan fingerprint density at radius 1 is 0.305 bits per heavy atom. The van der Waals surface area contributed by atoms with Crippen molar-refractivity contribution in [3.8, 4) is 67.1 Å². The van der Waals surface area contributed by atoms with E-state index in [0.717, 1.165) is 80.3 Å². The Hall–Kier alpha value is -8.92. The van der Waals surface area contributed by atoms with Gasteiger partial charge in [-0.25, -0.2) is 0 Å². The molecule has 10 aromatic rings. The molecular weight excluding hydrogens is 1270 g/mol. The molecule has 3 heteroatoms. The largest absolute Gasteiger partial charge is 0.489 e. The molecule has 0 saturated carbocycles. The minimum Gasteiger partial charge on any atom is -0.489 e. The van der Waals surface area contributed by atoms with Crippen LogP contribution in [0.25, 0.3) is 67.8 Å². The molecular formula is C102H119NO2. The highest BCUT2D eigenvalue weighted by molar-refractivity contribution is 5.89. The number of anilines is 3. The van der Waals surface area contributed by atoms with Gasteiger partial charge in [-0.3, -0.25) is 0 Å². The van der Waals surface area contributed by atoms with Gasteiger partial charge in [-0.1, -0.05) is 358 Å². The van der Waals surface area contributed by atoms with Crippen molar-refractivity contribution in [2.75, 3.05) is 4.90 Å². The zero-order chi connectivity index (χ0) is 72.8. The fourth-order valence-corrected chi connectivity index (χ4v) is 17.4. The molecule has 0 unspecified atom stereocenters. The number of hydrogen-bond acceptors (Lipinski definition) is 3. The highest BCUT2D eigenvalue weighted by Crippen LogP contribution is 2.58. The van der Waals surface area contributed by atoms with Gasteiger partial charge in [-0.15, -0.1) is 0 Å². The number of nitrogens with zero attached hydrogens (tertiary/aromatic N) is 1. The van der Waals surface area contributed by atoms with E-state index in [1.807, 2.05) is 12.2 Å². The zero-order valence-electron chi connectivity index (χ0n) is 64.8. The Labute approximate surface area is 633 Å². The van der Waals surface area contributed by atoms with Gasteiger partial charge in [0.1, 0.15) is 24.7 Å². The van der Waals surface area contributed by atoms with Crippen LogP contribution in [-0.4, -0.2) is 0 Å². The minimum absolute atomic E-state index is 0.0312. The SMILES string of the molecule is C=Cc1ccc(COc2cc(-c3ccc4c(c3)C(CCCCCCCC)(CCCCCCCC)c3cc(-c5ccc(N(c6ccccc6)c6ccc(-c7ccc8c(c7)C(CCCCCCCC)(CCCCCCCC)c7cc(C)ccc7-8)cc6)cc5)ccc3-4)c(OCc3ccc(C=C)cc3)cc2C)cc1. The molecule has 0 spiro atoms. The molecule has 0 saturated heterocycles. The second kappa shape index (κ2) is 37.4. The van der Waals surface area contributed by atoms with Gasteiger partial charge in [0.25, 0.3) is 0 Å². The first-order chi connectivity index (χ1) is 51.6. The van der Waals surface area contributed by atoms with Gasteiger partial charge in [0.05, 0.1) is 0 Å². The van der Waals surface area contributed by atoms with Crippen LogP contribution >= 0.6 is 0 Å². The normalized spacial score (nSPS) is 12.9. The summed E-state index contributed by atoms with van der Waals surface area (Å²) in [6, 6.07) is 81.0. The summed E-state index contributed by atoms with van der Waals surface area (Å²) in [4.78, 5) is 2.44. The fraction of sp³-hybridized carbons (Fsp3) is 0.373. The maximum absolute atomic E-state index is 6.96. The molecule has 0 bridgehead atoms. The van der Waals surface area contributed by atoms with Crippen molar-refractivity contribution in [1.29, 1.82) is 0 Å². The van der Waals surface area contributed by atoms with Crippen molar-refractivity contribution in [2.24, 2.45) is 0 Å². The summed E-state index contributed by atoms with van der Waals surface area (Å²) < 4.78 is 13.7. The Morgan fingerprint density at radius 2 is 0.648 bits per heavy atom. The quantitative estimate of drug-likeness (QED) is 0.0356. The predicted molar refractivity (Wildman–Crippen MR) is 453 cm³/mol. The molecule has 0 fully saturated rings. The molecule has 2 aliphatic carbocycles. The molecule has 2 aliphatic rings. The van der Waals surface area contributed by atoms with Crippen LogP contribution in [0.3, 0.4) is 0 Å². The number of unbranched alkanes of at least 4 members (excludes halogenated alkanes) is 20. The number of benzene rings is 10. The second-order valence-electron chi connectivity index (χ2n) is 30.9. The Balaban J connectivity index is 0.881. The lowest BCUT2D eigenvalue weighted by molar-refractivity contribution is 0.296. The van der Waals surface area contributed by atoms with Crippen molar-refractivity contribution >= 4 is 29.2 Å². The molecule has 10 aromatic carbocycles. The van der Waals surface area contributed by atoms with Crippen molar-refractivity contribution in [1.82, 2.24) is 0 Å². The molecule has 0 heterocycles. The molecule has 0 amide bonds. The van der Waals surface area contributed by atoms with E-state index >= 15 is 0 Å². The lowest BCUT2D eigenvalue weighted by atomic mass is 9.70. The summed E-state index contributed by atoms with van der Waals surface area (Å²) >= 11 is 0. The van der Waals surface area contributed by atoms with E-state index in [0.29, 0.717) is 13.2 Å². The van der Waals surface area contributed by atoms with Crippen LogP contribution in [0.1, 0.15) is 263 Å². The van der Waals surface area contributed by atoms with Crippen LogP contribution in [0.15, 0.2) is 225 Å². The summed E-state index contributed by atoms with van der Waals surface area (Å²) in [5.41, 5.74) is 29.2. The Bertz CT molecular complexity index is 4390. The predicted octanol–water partition coefficient (Wildman–Crippen LogP) is 30.8. The van der Waals surface area contributed by atoms with E-state index < -0.39 is 0 Å². The van der Waals surface area contributed by atoms with Gasteiger partial charge < -0.3 is 14.4 Å². The van der Waals surface area contributed by atoms with Gasteiger partial charge in [0, 0.05) is 33.5 Å². The van der Waals surface area contributed by atoms with E-state index in [-0.39, 0.29) is 10.8 Å². The van der Waals surface area contributed by atoms with E-state index in [1.54, 1.807) is 11.1 Å². The van der Waals surface area contributed by atoms with Gasteiger partial charge in [0.2, 0.25) is 0 Å². The van der Waals surface area contributed by atoms with Crippen molar-refractivity contribution in [3.63, 3.8) is 0 Å². The third-order valence-corrected chi connectivity index (χ3v) is 23.4. The average molecular weight is 1390 g/mol. The molecule has 0 N–H and O–H groups in total. The van der Waals surface area contributed by atoms with Gasteiger partial charge >= 0.3 is 0 Å². The number of ether oxygens (including phenoxy) is 2. The van der Waals surface area contributed by atoms with Crippen LogP contribution in [0.4, 0.5) is 17.1 Å². The first-order valence-electron chi connectivity index (χ1n) is 41.1. The lowest BCUT2D eigenvalue weighted by Gasteiger charge is -2.33. The molecule has 0 radical (unpaired) electrons. The highest BCUT2D eigenvalue weighted by atomic mass is 16.5. The second-order valence-corrected chi connectivity index (χ2v) is 30.9. The summed E-state index contributed by atoms with van der Waals surface area (Å²) in [5.74, 6) is 1.72. The summed E-state index contributed by atoms with van der Waals surface area (Å²) in [7, 11) is 0. The van der Waals surface area contributed by atoms with Crippen LogP contribution < -0.4 is 14.4 Å².